The summed E-state index contributed by atoms with van der Waals surface area (Å²) in [6.45, 7) is 5.34. The molecule has 2 unspecified atom stereocenters. The molecule has 1 rings (SSSR count). The molecule has 0 aromatic rings. The van der Waals surface area contributed by atoms with Crippen LogP contribution < -0.4 is 0 Å². The van der Waals surface area contributed by atoms with E-state index in [2.05, 4.69) is 18.5 Å². The van der Waals surface area contributed by atoms with Crippen molar-refractivity contribution in [3.8, 4) is 0 Å². The summed E-state index contributed by atoms with van der Waals surface area (Å²) in [4.78, 5) is 14.0. The van der Waals surface area contributed by atoms with Gasteiger partial charge in [-0.05, 0) is 32.9 Å². The van der Waals surface area contributed by atoms with Gasteiger partial charge in [-0.3, -0.25) is 0 Å². The molecule has 1 aliphatic rings. The van der Waals surface area contributed by atoms with Crippen LogP contribution in [0.3, 0.4) is 0 Å². The van der Waals surface area contributed by atoms with E-state index < -0.39 is 6.16 Å². The van der Waals surface area contributed by atoms with Gasteiger partial charge in [0.05, 0.1) is 31.5 Å². The zero-order valence-corrected chi connectivity index (χ0v) is 16.9. The average molecular weight is 389 g/mol. The van der Waals surface area contributed by atoms with Crippen molar-refractivity contribution < 1.29 is 33.6 Å². The van der Waals surface area contributed by atoms with Gasteiger partial charge in [-0.25, -0.2) is 4.79 Å². The maximum Gasteiger partial charge on any atom is 0.508 e. The number of hydrogen-bond donors (Lipinski definition) is 1. The predicted octanol–water partition coefficient (Wildman–Crippen LogP) is 2.16. The summed E-state index contributed by atoms with van der Waals surface area (Å²) < 4.78 is 25.9. The van der Waals surface area contributed by atoms with Crippen LogP contribution in [0.2, 0.25) is 0 Å². The van der Waals surface area contributed by atoms with E-state index >= 15 is 0 Å². The van der Waals surface area contributed by atoms with Gasteiger partial charge in [0.25, 0.3) is 0 Å². The SMILES string of the molecule is C=C(CCC(OC)OC)OCC(CO)COC(=O)OCCC1CCCN1C. The van der Waals surface area contributed by atoms with Gasteiger partial charge in [0.15, 0.2) is 6.29 Å². The van der Waals surface area contributed by atoms with E-state index in [1.807, 2.05) is 0 Å². The molecule has 8 heteroatoms. The molecule has 0 radical (unpaired) electrons. The predicted molar refractivity (Wildman–Crippen MR) is 100 cm³/mol. The van der Waals surface area contributed by atoms with Crippen LogP contribution in [0.1, 0.15) is 32.1 Å². The van der Waals surface area contributed by atoms with Crippen LogP contribution >= 0.6 is 0 Å². The number of ether oxygens (including phenoxy) is 5. The molecule has 1 fully saturated rings. The Bertz CT molecular complexity index is 428. The van der Waals surface area contributed by atoms with Crippen molar-refractivity contribution in [2.24, 2.45) is 5.92 Å². The van der Waals surface area contributed by atoms with E-state index in [-0.39, 0.29) is 32.0 Å². The van der Waals surface area contributed by atoms with Crippen molar-refractivity contribution in [2.45, 2.75) is 44.4 Å². The van der Waals surface area contributed by atoms with Crippen LogP contribution in [0.4, 0.5) is 4.79 Å². The molecule has 1 saturated heterocycles. The van der Waals surface area contributed by atoms with Crippen LogP contribution in [-0.4, -0.2) is 82.7 Å². The van der Waals surface area contributed by atoms with E-state index in [1.54, 1.807) is 14.2 Å². The fraction of sp³-hybridized carbons (Fsp3) is 0.842. The van der Waals surface area contributed by atoms with Crippen LogP contribution in [0.25, 0.3) is 0 Å². The lowest BCUT2D eigenvalue weighted by Crippen LogP contribution is -2.27. The fourth-order valence-electron chi connectivity index (χ4n) is 2.92. The molecule has 1 N–H and O–H groups in total. The summed E-state index contributed by atoms with van der Waals surface area (Å²) in [7, 11) is 5.23. The molecule has 1 aliphatic heterocycles. The summed E-state index contributed by atoms with van der Waals surface area (Å²) in [6, 6.07) is 0.471. The van der Waals surface area contributed by atoms with Gasteiger partial charge in [0.1, 0.15) is 6.61 Å². The van der Waals surface area contributed by atoms with Crippen LogP contribution in [-0.2, 0) is 23.7 Å². The van der Waals surface area contributed by atoms with Gasteiger partial charge in [-0.15, -0.1) is 0 Å². The van der Waals surface area contributed by atoms with E-state index in [0.717, 1.165) is 19.4 Å². The first-order chi connectivity index (χ1) is 13.0. The molecule has 0 spiro atoms. The number of rotatable bonds is 14. The summed E-state index contributed by atoms with van der Waals surface area (Å²) in [6.07, 6.45) is 3.31. The molecular formula is C19H35NO7. The first-order valence-corrected chi connectivity index (χ1v) is 9.46. The van der Waals surface area contributed by atoms with E-state index in [4.69, 9.17) is 23.7 Å². The highest BCUT2D eigenvalue weighted by atomic mass is 16.7. The third kappa shape index (κ3) is 9.95. The molecule has 0 aromatic heterocycles. The highest BCUT2D eigenvalue weighted by Crippen LogP contribution is 2.17. The summed E-state index contributed by atoms with van der Waals surface area (Å²) in [5.41, 5.74) is 0. The molecule has 0 bridgehead atoms. The molecule has 1 heterocycles. The van der Waals surface area contributed by atoms with Crippen LogP contribution in [0.5, 0.6) is 0 Å². The highest BCUT2D eigenvalue weighted by molar-refractivity contribution is 5.59. The second-order valence-corrected chi connectivity index (χ2v) is 6.81. The molecule has 2 atom stereocenters. The number of likely N-dealkylation sites (tertiary alicyclic amines) is 1. The monoisotopic (exact) mass is 389 g/mol. The molecule has 0 saturated carbocycles. The van der Waals surface area contributed by atoms with Crippen molar-refractivity contribution in [3.05, 3.63) is 12.3 Å². The quantitative estimate of drug-likeness (QED) is 0.275. The number of methoxy groups -OCH3 is 2. The van der Waals surface area contributed by atoms with Crippen LogP contribution in [0, 0.1) is 5.92 Å². The molecule has 158 valence electrons. The van der Waals surface area contributed by atoms with Crippen LogP contribution in [0.15, 0.2) is 12.3 Å². The number of allylic oxidation sites excluding steroid dienone is 1. The van der Waals surface area contributed by atoms with Gasteiger partial charge in [-0.1, -0.05) is 6.58 Å². The van der Waals surface area contributed by atoms with Crippen molar-refractivity contribution in [3.63, 3.8) is 0 Å². The van der Waals surface area contributed by atoms with Gasteiger partial charge in [-0.2, -0.15) is 0 Å². The highest BCUT2D eigenvalue weighted by Gasteiger charge is 2.21. The largest absolute Gasteiger partial charge is 0.508 e. The lowest BCUT2D eigenvalue weighted by Gasteiger charge is -2.19. The molecule has 0 amide bonds. The van der Waals surface area contributed by atoms with Crippen molar-refractivity contribution in [1.82, 2.24) is 4.90 Å². The lowest BCUT2D eigenvalue weighted by atomic mass is 10.2. The standard InChI is InChI=1S/C19H35NO7/c1-15(7-8-18(23-3)24-4)26-13-16(12-21)14-27-19(22)25-11-9-17-6-5-10-20(17)2/h16-18,21H,1,5-14H2,2-4H3. The topological polar surface area (TPSA) is 86.7 Å². The zero-order valence-electron chi connectivity index (χ0n) is 16.9. The molecule has 27 heavy (non-hydrogen) atoms. The van der Waals surface area contributed by atoms with Crippen molar-refractivity contribution >= 4 is 6.16 Å². The van der Waals surface area contributed by atoms with Gasteiger partial charge < -0.3 is 33.7 Å². The third-order valence-electron chi connectivity index (χ3n) is 4.75. The Morgan fingerprint density at radius 1 is 1.22 bits per heavy atom. The normalized spacial score (nSPS) is 18.5. The number of carbonyl (C=O) groups excluding carboxylic acids is 1. The maximum absolute atomic E-state index is 11.7. The first-order valence-electron chi connectivity index (χ1n) is 9.46. The minimum absolute atomic E-state index is 0.0325. The smallest absolute Gasteiger partial charge is 0.498 e. The Kier molecular flexibility index (Phi) is 12.1. The Morgan fingerprint density at radius 3 is 2.52 bits per heavy atom. The zero-order chi connectivity index (χ0) is 20.1. The minimum atomic E-state index is -0.712. The minimum Gasteiger partial charge on any atom is -0.498 e. The molecule has 0 aliphatic carbocycles. The molecule has 8 nitrogen and oxygen atoms in total. The van der Waals surface area contributed by atoms with E-state index in [1.165, 1.54) is 6.42 Å². The lowest BCUT2D eigenvalue weighted by molar-refractivity contribution is -0.107. The second-order valence-electron chi connectivity index (χ2n) is 6.81. The Balaban J connectivity index is 2.13. The third-order valence-corrected chi connectivity index (χ3v) is 4.75. The number of aliphatic hydroxyl groups excluding tert-OH is 1. The maximum atomic E-state index is 11.7. The first kappa shape index (κ1) is 23.7. The van der Waals surface area contributed by atoms with Crippen molar-refractivity contribution in [1.29, 1.82) is 0 Å². The Labute approximate surface area is 162 Å². The second kappa shape index (κ2) is 13.8. The summed E-state index contributed by atoms with van der Waals surface area (Å²) >= 11 is 0. The van der Waals surface area contributed by atoms with Gasteiger partial charge in [0.2, 0.25) is 0 Å². The number of carbonyl (C=O) groups is 1. The number of hydrogen-bond acceptors (Lipinski definition) is 8. The fourth-order valence-corrected chi connectivity index (χ4v) is 2.92. The Hall–Kier alpha value is -1.35. The van der Waals surface area contributed by atoms with E-state index in [0.29, 0.717) is 31.2 Å². The Morgan fingerprint density at radius 2 is 1.93 bits per heavy atom. The summed E-state index contributed by atoms with van der Waals surface area (Å²) in [5.74, 6) is 0.228. The van der Waals surface area contributed by atoms with Gasteiger partial charge in [0, 0.05) is 33.1 Å². The molecular weight excluding hydrogens is 354 g/mol. The molecule has 0 aromatic carbocycles. The number of aliphatic hydroxyl groups is 1. The van der Waals surface area contributed by atoms with E-state index in [9.17, 15) is 9.90 Å². The average Bonchev–Trinajstić information content (AvgIpc) is 3.07. The van der Waals surface area contributed by atoms with Crippen molar-refractivity contribution in [2.75, 3.05) is 54.2 Å². The van der Waals surface area contributed by atoms with Gasteiger partial charge >= 0.3 is 6.16 Å². The summed E-state index contributed by atoms with van der Waals surface area (Å²) in [5, 5.41) is 9.41. The number of nitrogens with zero attached hydrogens (tertiary/aromatic N) is 1.